The number of carbonyl (C=O) groups is 1. The molecule has 0 radical (unpaired) electrons. The maximum atomic E-state index is 14.7. The molecular weight excluding hydrogens is 516 g/mol. The van der Waals surface area contributed by atoms with Crippen molar-refractivity contribution in [2.75, 3.05) is 16.0 Å². The van der Waals surface area contributed by atoms with E-state index in [2.05, 4.69) is 37.6 Å². The molecule has 0 bridgehead atoms. The number of nitrogens with zero attached hydrogens (tertiary/aromatic N) is 4. The molecule has 0 aliphatic rings. The largest absolute Gasteiger partial charge is 0.422 e. The molecule has 4 rings (SSSR count). The molecule has 2 heterocycles. The van der Waals surface area contributed by atoms with Crippen molar-refractivity contribution in [3.63, 3.8) is 0 Å². The summed E-state index contributed by atoms with van der Waals surface area (Å²) in [5.41, 5.74) is -2.11. The predicted molar refractivity (Wildman–Crippen MR) is 127 cm³/mol. The molecule has 8 nitrogen and oxygen atoms in total. The van der Waals surface area contributed by atoms with Crippen LogP contribution in [0.25, 0.3) is 11.1 Å². The zero-order valence-corrected chi connectivity index (χ0v) is 19.4. The van der Waals surface area contributed by atoms with E-state index in [9.17, 15) is 31.1 Å². The molecule has 2 aromatic carbocycles. The average molecular weight is 533 g/mol. The van der Waals surface area contributed by atoms with Crippen molar-refractivity contribution < 1.29 is 31.1 Å². The first-order chi connectivity index (χ1) is 17.9. The van der Waals surface area contributed by atoms with Crippen LogP contribution in [0.15, 0.2) is 61.6 Å². The Labute approximate surface area is 211 Å². The molecular formula is C24H17F6N7O. The standard InChI is InChI=1S/C24H17F6N7O/c1-3-20(38)33-13-4-5-16(25)19(8-13)35-22-15(10-31-23(36-22)34-14-9-32-37(2)11-14)12-6-17(26)21(18(27)7-12)24(28,29)30/h3-11H,1H2,2H3,(H,33,38)(H2,31,34,35,36). The van der Waals surface area contributed by atoms with E-state index < -0.39 is 35.1 Å². The molecule has 3 N–H and O–H groups in total. The molecule has 0 aliphatic heterocycles. The van der Waals surface area contributed by atoms with Gasteiger partial charge in [-0.3, -0.25) is 9.48 Å². The number of hydrogen-bond acceptors (Lipinski definition) is 6. The Kier molecular flexibility index (Phi) is 7.06. The van der Waals surface area contributed by atoms with E-state index in [0.717, 1.165) is 18.3 Å². The Hall–Kier alpha value is -4.88. The quantitative estimate of drug-likeness (QED) is 0.202. The minimum atomic E-state index is -5.26. The van der Waals surface area contributed by atoms with Crippen LogP contribution in [-0.4, -0.2) is 25.7 Å². The molecule has 2 aromatic heterocycles. The van der Waals surface area contributed by atoms with Gasteiger partial charge in [-0.25, -0.2) is 18.2 Å². The van der Waals surface area contributed by atoms with Gasteiger partial charge < -0.3 is 16.0 Å². The number of nitrogens with one attached hydrogen (secondary N) is 3. The van der Waals surface area contributed by atoms with Crippen LogP contribution in [0.5, 0.6) is 0 Å². The number of halogens is 6. The minimum Gasteiger partial charge on any atom is -0.337 e. The highest BCUT2D eigenvalue weighted by molar-refractivity contribution is 5.99. The maximum Gasteiger partial charge on any atom is 0.422 e. The molecule has 0 spiro atoms. The third-order valence-electron chi connectivity index (χ3n) is 5.06. The van der Waals surface area contributed by atoms with Crippen molar-refractivity contribution in [1.82, 2.24) is 19.7 Å². The topological polar surface area (TPSA) is 96.8 Å². The fraction of sp³-hybridized carbons (Fsp3) is 0.0833. The number of aryl methyl sites for hydroxylation is 1. The highest BCUT2D eigenvalue weighted by atomic mass is 19.4. The lowest BCUT2D eigenvalue weighted by atomic mass is 10.0. The van der Waals surface area contributed by atoms with Gasteiger partial charge in [0.2, 0.25) is 11.9 Å². The van der Waals surface area contributed by atoms with E-state index in [0.29, 0.717) is 17.8 Å². The summed E-state index contributed by atoms with van der Waals surface area (Å²) in [5, 5.41) is 11.9. The van der Waals surface area contributed by atoms with Crippen LogP contribution in [-0.2, 0) is 18.0 Å². The minimum absolute atomic E-state index is 0.0476. The summed E-state index contributed by atoms with van der Waals surface area (Å²) in [6.07, 6.45) is -0.117. The molecule has 0 aliphatic carbocycles. The zero-order valence-electron chi connectivity index (χ0n) is 19.4. The van der Waals surface area contributed by atoms with E-state index in [4.69, 9.17) is 0 Å². The lowest BCUT2D eigenvalue weighted by Crippen LogP contribution is -2.12. The fourth-order valence-electron chi connectivity index (χ4n) is 3.38. The first kappa shape index (κ1) is 26.2. The monoisotopic (exact) mass is 533 g/mol. The highest BCUT2D eigenvalue weighted by Gasteiger charge is 2.38. The predicted octanol–water partition coefficient (Wildman–Crippen LogP) is 5.92. The number of alkyl halides is 3. The van der Waals surface area contributed by atoms with Crippen molar-refractivity contribution >= 4 is 34.7 Å². The lowest BCUT2D eigenvalue weighted by molar-refractivity contribution is -0.142. The van der Waals surface area contributed by atoms with Crippen LogP contribution < -0.4 is 16.0 Å². The van der Waals surface area contributed by atoms with Gasteiger partial charge in [0.1, 0.15) is 28.8 Å². The third kappa shape index (κ3) is 5.74. The summed E-state index contributed by atoms with van der Waals surface area (Å²) < 4.78 is 84.0. The maximum absolute atomic E-state index is 14.7. The molecule has 0 unspecified atom stereocenters. The molecule has 196 valence electrons. The molecule has 14 heteroatoms. The van der Waals surface area contributed by atoms with E-state index in [1.165, 1.54) is 23.0 Å². The lowest BCUT2D eigenvalue weighted by Gasteiger charge is -2.16. The summed E-state index contributed by atoms with van der Waals surface area (Å²) in [4.78, 5) is 19.9. The van der Waals surface area contributed by atoms with Crippen LogP contribution in [0.3, 0.4) is 0 Å². The second kappa shape index (κ2) is 10.2. The first-order valence-electron chi connectivity index (χ1n) is 10.6. The van der Waals surface area contributed by atoms with E-state index in [1.54, 1.807) is 13.2 Å². The van der Waals surface area contributed by atoms with E-state index in [1.807, 2.05) is 0 Å². The molecule has 1 amide bonds. The summed E-state index contributed by atoms with van der Waals surface area (Å²) in [5.74, 6) is -5.32. The number of benzene rings is 2. The van der Waals surface area contributed by atoms with Crippen LogP contribution in [0.2, 0.25) is 0 Å². The Bertz CT molecular complexity index is 1510. The second-order valence-corrected chi connectivity index (χ2v) is 7.81. The van der Waals surface area contributed by atoms with Crippen molar-refractivity contribution in [2.45, 2.75) is 6.18 Å². The number of hydrogen-bond donors (Lipinski definition) is 3. The summed E-state index contributed by atoms with van der Waals surface area (Å²) in [6.45, 7) is 3.33. The molecule has 4 aromatic rings. The highest BCUT2D eigenvalue weighted by Crippen LogP contribution is 2.38. The summed E-state index contributed by atoms with van der Waals surface area (Å²) in [6, 6.07) is 4.47. The Morgan fingerprint density at radius 1 is 1.00 bits per heavy atom. The fourth-order valence-corrected chi connectivity index (χ4v) is 3.38. The van der Waals surface area contributed by atoms with Crippen molar-refractivity contribution in [3.8, 4) is 11.1 Å². The van der Waals surface area contributed by atoms with Gasteiger partial charge >= 0.3 is 6.18 Å². The second-order valence-electron chi connectivity index (χ2n) is 7.81. The Morgan fingerprint density at radius 2 is 1.71 bits per heavy atom. The zero-order chi connectivity index (χ0) is 27.6. The van der Waals surface area contributed by atoms with Gasteiger partial charge in [-0.1, -0.05) is 6.58 Å². The third-order valence-corrected chi connectivity index (χ3v) is 5.06. The Balaban J connectivity index is 1.80. The van der Waals surface area contributed by atoms with Crippen LogP contribution in [0, 0.1) is 17.5 Å². The van der Waals surface area contributed by atoms with Gasteiger partial charge in [0.05, 0.1) is 17.6 Å². The van der Waals surface area contributed by atoms with E-state index in [-0.39, 0.29) is 34.3 Å². The summed E-state index contributed by atoms with van der Waals surface area (Å²) >= 11 is 0. The number of anilines is 5. The molecule has 0 saturated carbocycles. The van der Waals surface area contributed by atoms with Gasteiger partial charge in [-0.05, 0) is 42.0 Å². The number of amides is 1. The van der Waals surface area contributed by atoms with Gasteiger partial charge in [-0.2, -0.15) is 23.3 Å². The van der Waals surface area contributed by atoms with Gasteiger partial charge in [0.25, 0.3) is 0 Å². The van der Waals surface area contributed by atoms with Crippen LogP contribution in [0.1, 0.15) is 5.56 Å². The molecule has 0 atom stereocenters. The normalized spacial score (nSPS) is 11.2. The van der Waals surface area contributed by atoms with Gasteiger partial charge in [0.15, 0.2) is 0 Å². The first-order valence-corrected chi connectivity index (χ1v) is 10.6. The number of aromatic nitrogens is 4. The SMILES string of the molecule is C=CC(=O)Nc1ccc(F)c(Nc2nc(Nc3cnn(C)c3)ncc2-c2cc(F)c(C(F)(F)F)c(F)c2)c1. The molecule has 0 saturated heterocycles. The smallest absolute Gasteiger partial charge is 0.337 e. The average Bonchev–Trinajstić information content (AvgIpc) is 3.24. The molecule has 0 fully saturated rings. The summed E-state index contributed by atoms with van der Waals surface area (Å²) in [7, 11) is 1.66. The molecule has 38 heavy (non-hydrogen) atoms. The van der Waals surface area contributed by atoms with Crippen molar-refractivity contribution in [1.29, 1.82) is 0 Å². The van der Waals surface area contributed by atoms with Crippen molar-refractivity contribution in [2.24, 2.45) is 7.05 Å². The van der Waals surface area contributed by atoms with Gasteiger partial charge in [0, 0.05) is 30.7 Å². The number of carbonyl (C=O) groups excluding carboxylic acids is 1. The van der Waals surface area contributed by atoms with Crippen LogP contribution in [0.4, 0.5) is 55.2 Å². The van der Waals surface area contributed by atoms with E-state index >= 15 is 0 Å². The Morgan fingerprint density at radius 3 is 2.32 bits per heavy atom. The van der Waals surface area contributed by atoms with Crippen LogP contribution >= 0.6 is 0 Å². The number of rotatable bonds is 7. The van der Waals surface area contributed by atoms with Crippen molar-refractivity contribution in [3.05, 3.63) is 84.6 Å². The van der Waals surface area contributed by atoms with Gasteiger partial charge in [-0.15, -0.1) is 0 Å².